The standard InChI is InChI=1S/C12H11F3N2S/c1-2-12-17-6-7(18-12)5-16-11-4-9(14)8(13)3-10(11)15/h3-4,6,16H,2,5H2,1H3. The van der Waals surface area contributed by atoms with Gasteiger partial charge in [-0.3, -0.25) is 0 Å². The Hall–Kier alpha value is -1.56. The lowest BCUT2D eigenvalue weighted by atomic mass is 10.3. The zero-order valence-electron chi connectivity index (χ0n) is 9.64. The third kappa shape index (κ3) is 2.81. The topological polar surface area (TPSA) is 24.9 Å². The van der Waals surface area contributed by atoms with Crippen LogP contribution in [0.1, 0.15) is 16.8 Å². The molecule has 0 spiro atoms. The summed E-state index contributed by atoms with van der Waals surface area (Å²) in [7, 11) is 0. The highest BCUT2D eigenvalue weighted by atomic mass is 32.1. The van der Waals surface area contributed by atoms with Gasteiger partial charge >= 0.3 is 0 Å². The van der Waals surface area contributed by atoms with E-state index in [4.69, 9.17) is 0 Å². The van der Waals surface area contributed by atoms with E-state index in [1.54, 1.807) is 6.20 Å². The van der Waals surface area contributed by atoms with Crippen molar-refractivity contribution in [2.45, 2.75) is 19.9 Å². The van der Waals surface area contributed by atoms with E-state index in [-0.39, 0.29) is 5.69 Å². The van der Waals surface area contributed by atoms with Gasteiger partial charge < -0.3 is 5.32 Å². The molecule has 6 heteroatoms. The largest absolute Gasteiger partial charge is 0.378 e. The van der Waals surface area contributed by atoms with Crippen molar-refractivity contribution >= 4 is 17.0 Å². The maximum Gasteiger partial charge on any atom is 0.161 e. The van der Waals surface area contributed by atoms with E-state index < -0.39 is 17.5 Å². The molecule has 0 radical (unpaired) electrons. The minimum Gasteiger partial charge on any atom is -0.378 e. The minimum atomic E-state index is -1.19. The first kappa shape index (κ1) is 12.9. The molecular formula is C12H11F3N2S. The molecule has 1 N–H and O–H groups in total. The molecule has 1 heterocycles. The Kier molecular flexibility index (Phi) is 3.86. The van der Waals surface area contributed by atoms with Crippen LogP contribution in [0, 0.1) is 17.5 Å². The molecule has 0 amide bonds. The Balaban J connectivity index is 2.08. The summed E-state index contributed by atoms with van der Waals surface area (Å²) in [5, 5.41) is 3.71. The first-order chi connectivity index (χ1) is 8.60. The molecule has 0 aliphatic carbocycles. The zero-order chi connectivity index (χ0) is 13.1. The zero-order valence-corrected chi connectivity index (χ0v) is 10.5. The Morgan fingerprint density at radius 2 is 1.89 bits per heavy atom. The number of hydrogen-bond acceptors (Lipinski definition) is 3. The van der Waals surface area contributed by atoms with Gasteiger partial charge in [-0.2, -0.15) is 0 Å². The van der Waals surface area contributed by atoms with Gasteiger partial charge in [-0.1, -0.05) is 6.92 Å². The molecule has 0 aliphatic rings. The molecule has 0 saturated heterocycles. The summed E-state index contributed by atoms with van der Waals surface area (Å²) in [5.74, 6) is -3.07. The van der Waals surface area contributed by atoms with E-state index in [2.05, 4.69) is 10.3 Å². The summed E-state index contributed by atoms with van der Waals surface area (Å²) in [6, 6.07) is 1.34. The number of nitrogens with zero attached hydrogens (tertiary/aromatic N) is 1. The fraction of sp³-hybridized carbons (Fsp3) is 0.250. The van der Waals surface area contributed by atoms with Crippen LogP contribution in [0.3, 0.4) is 0 Å². The molecule has 2 nitrogen and oxygen atoms in total. The summed E-state index contributed by atoms with van der Waals surface area (Å²) in [6.45, 7) is 2.32. The Morgan fingerprint density at radius 3 is 2.56 bits per heavy atom. The third-order valence-electron chi connectivity index (χ3n) is 2.37. The number of benzene rings is 1. The highest BCUT2D eigenvalue weighted by molar-refractivity contribution is 7.11. The summed E-state index contributed by atoms with van der Waals surface area (Å²) < 4.78 is 39.0. The molecule has 0 unspecified atom stereocenters. The number of aromatic nitrogens is 1. The number of hydrogen-bond donors (Lipinski definition) is 1. The molecule has 0 fully saturated rings. The van der Waals surface area contributed by atoms with Crippen molar-refractivity contribution in [1.29, 1.82) is 0 Å². The van der Waals surface area contributed by atoms with Gasteiger partial charge in [0, 0.05) is 23.2 Å². The number of anilines is 1. The van der Waals surface area contributed by atoms with Crippen LogP contribution in [-0.2, 0) is 13.0 Å². The Labute approximate surface area is 106 Å². The normalized spacial score (nSPS) is 10.7. The molecule has 0 bridgehead atoms. The molecule has 0 aliphatic heterocycles. The quantitative estimate of drug-likeness (QED) is 0.858. The second kappa shape index (κ2) is 5.39. The fourth-order valence-electron chi connectivity index (χ4n) is 1.43. The van der Waals surface area contributed by atoms with Crippen LogP contribution in [0.5, 0.6) is 0 Å². The predicted molar refractivity (Wildman–Crippen MR) is 65.1 cm³/mol. The van der Waals surface area contributed by atoms with Gasteiger partial charge in [0.25, 0.3) is 0 Å². The number of nitrogens with one attached hydrogen (secondary N) is 1. The van der Waals surface area contributed by atoms with E-state index in [9.17, 15) is 13.2 Å². The highest BCUT2D eigenvalue weighted by Gasteiger charge is 2.09. The van der Waals surface area contributed by atoms with Gasteiger partial charge in [-0.15, -0.1) is 11.3 Å². The molecule has 1 aromatic heterocycles. The van der Waals surface area contributed by atoms with Gasteiger partial charge in [-0.05, 0) is 6.42 Å². The lowest BCUT2D eigenvalue weighted by Crippen LogP contribution is -2.01. The molecule has 1 aromatic carbocycles. The number of rotatable bonds is 4. The molecule has 2 rings (SSSR count). The van der Waals surface area contributed by atoms with Crippen LogP contribution in [0.2, 0.25) is 0 Å². The Bertz CT molecular complexity index is 554. The molecule has 2 aromatic rings. The van der Waals surface area contributed by atoms with Crippen LogP contribution in [0.4, 0.5) is 18.9 Å². The van der Waals surface area contributed by atoms with Crippen LogP contribution in [0.25, 0.3) is 0 Å². The van der Waals surface area contributed by atoms with Gasteiger partial charge in [-0.25, -0.2) is 18.2 Å². The van der Waals surface area contributed by atoms with Crippen molar-refractivity contribution in [1.82, 2.24) is 4.98 Å². The lowest BCUT2D eigenvalue weighted by Gasteiger charge is -2.06. The van der Waals surface area contributed by atoms with Crippen LogP contribution in [-0.4, -0.2) is 4.98 Å². The summed E-state index contributed by atoms with van der Waals surface area (Å²) in [4.78, 5) is 5.06. The average molecular weight is 272 g/mol. The van der Waals surface area contributed by atoms with E-state index in [0.29, 0.717) is 12.6 Å². The van der Waals surface area contributed by atoms with E-state index in [1.165, 1.54) is 11.3 Å². The highest BCUT2D eigenvalue weighted by Crippen LogP contribution is 2.20. The second-order valence-corrected chi connectivity index (χ2v) is 4.87. The Morgan fingerprint density at radius 1 is 1.17 bits per heavy atom. The van der Waals surface area contributed by atoms with Gasteiger partial charge in [0.2, 0.25) is 0 Å². The summed E-state index contributed by atoms with van der Waals surface area (Å²) in [5.41, 5.74) is -0.0552. The first-order valence-electron chi connectivity index (χ1n) is 5.42. The van der Waals surface area contributed by atoms with Gasteiger partial charge in [0.1, 0.15) is 5.82 Å². The van der Waals surface area contributed by atoms with Crippen molar-refractivity contribution in [3.05, 3.63) is 45.7 Å². The second-order valence-electron chi connectivity index (χ2n) is 3.67. The maximum absolute atomic E-state index is 13.3. The SMILES string of the molecule is CCc1ncc(CNc2cc(F)c(F)cc2F)s1. The number of halogens is 3. The lowest BCUT2D eigenvalue weighted by molar-refractivity contribution is 0.496. The smallest absolute Gasteiger partial charge is 0.161 e. The third-order valence-corrected chi connectivity index (χ3v) is 3.51. The first-order valence-corrected chi connectivity index (χ1v) is 6.23. The monoisotopic (exact) mass is 272 g/mol. The maximum atomic E-state index is 13.3. The van der Waals surface area contributed by atoms with Gasteiger partial charge in [0.15, 0.2) is 11.6 Å². The average Bonchev–Trinajstić information content (AvgIpc) is 2.80. The van der Waals surface area contributed by atoms with Gasteiger partial charge in [0.05, 0.1) is 17.2 Å². The molecule has 18 heavy (non-hydrogen) atoms. The van der Waals surface area contributed by atoms with Crippen molar-refractivity contribution < 1.29 is 13.2 Å². The molecule has 96 valence electrons. The van der Waals surface area contributed by atoms with E-state index in [0.717, 1.165) is 22.4 Å². The molecule has 0 atom stereocenters. The van der Waals surface area contributed by atoms with Crippen molar-refractivity contribution in [2.75, 3.05) is 5.32 Å². The molecular weight excluding hydrogens is 261 g/mol. The predicted octanol–water partition coefficient (Wildman–Crippen LogP) is 3.73. The molecule has 0 saturated carbocycles. The summed E-state index contributed by atoms with van der Waals surface area (Å²) in [6.07, 6.45) is 2.53. The van der Waals surface area contributed by atoms with Crippen molar-refractivity contribution in [2.24, 2.45) is 0 Å². The number of aryl methyl sites for hydroxylation is 1. The fourth-order valence-corrected chi connectivity index (χ4v) is 2.24. The van der Waals surface area contributed by atoms with Crippen molar-refractivity contribution in [3.63, 3.8) is 0 Å². The van der Waals surface area contributed by atoms with Crippen LogP contribution >= 0.6 is 11.3 Å². The van der Waals surface area contributed by atoms with E-state index in [1.807, 2.05) is 6.92 Å². The van der Waals surface area contributed by atoms with Crippen LogP contribution in [0.15, 0.2) is 18.3 Å². The van der Waals surface area contributed by atoms with Crippen molar-refractivity contribution in [3.8, 4) is 0 Å². The van der Waals surface area contributed by atoms with E-state index >= 15 is 0 Å². The number of thiazole rings is 1. The minimum absolute atomic E-state index is 0.0552. The van der Waals surface area contributed by atoms with Crippen LogP contribution < -0.4 is 5.32 Å². The summed E-state index contributed by atoms with van der Waals surface area (Å²) >= 11 is 1.50.